The molecule has 22 heavy (non-hydrogen) atoms. The van der Waals surface area contributed by atoms with Gasteiger partial charge < -0.3 is 0 Å². The van der Waals surface area contributed by atoms with Crippen molar-refractivity contribution in [1.82, 2.24) is 0 Å². The van der Waals surface area contributed by atoms with Gasteiger partial charge in [0.05, 0.1) is 0 Å². The minimum absolute atomic E-state index is 1.08. The van der Waals surface area contributed by atoms with Crippen molar-refractivity contribution >= 4 is 15.9 Å². The monoisotopic (exact) mass is 355 g/mol. The van der Waals surface area contributed by atoms with Gasteiger partial charge in [-0.05, 0) is 65.6 Å². The van der Waals surface area contributed by atoms with Crippen LogP contribution in [0, 0.1) is 6.42 Å². The largest absolute Gasteiger partial charge is 0.0654 e. The molecule has 1 radical (unpaired) electrons. The number of hydrogen-bond acceptors (Lipinski definition) is 0. The van der Waals surface area contributed by atoms with Crippen LogP contribution < -0.4 is 0 Å². The maximum Gasteiger partial charge on any atom is 0.0178 e. The van der Waals surface area contributed by atoms with Crippen molar-refractivity contribution in [2.24, 2.45) is 0 Å². The third kappa shape index (κ3) is 3.63. The van der Waals surface area contributed by atoms with Gasteiger partial charge in [0.15, 0.2) is 0 Å². The predicted octanol–water partition coefficient (Wildman–Crippen LogP) is 6.74. The van der Waals surface area contributed by atoms with Crippen molar-refractivity contribution in [2.75, 3.05) is 0 Å². The summed E-state index contributed by atoms with van der Waals surface area (Å²) in [5.74, 6) is 0. The van der Waals surface area contributed by atoms with Crippen molar-refractivity contribution in [3.63, 3.8) is 0 Å². The molecule has 0 unspecified atom stereocenters. The summed E-state index contributed by atoms with van der Waals surface area (Å²) in [6.07, 6.45) is 11.2. The van der Waals surface area contributed by atoms with E-state index in [1.165, 1.54) is 70.8 Å². The van der Waals surface area contributed by atoms with Gasteiger partial charge in [-0.3, -0.25) is 0 Å². The number of halogens is 1. The normalized spacial score (nSPS) is 12.3. The lowest BCUT2D eigenvalue weighted by Crippen LogP contribution is -1.89. The summed E-state index contributed by atoms with van der Waals surface area (Å²) in [4.78, 5) is 0. The second-order valence-corrected chi connectivity index (χ2v) is 7.21. The average molecular weight is 356 g/mol. The molecule has 0 aliphatic heterocycles. The maximum absolute atomic E-state index is 3.58. The Morgan fingerprint density at radius 2 is 1.73 bits per heavy atom. The van der Waals surface area contributed by atoms with E-state index >= 15 is 0 Å². The lowest BCUT2D eigenvalue weighted by Gasteiger charge is -2.06. The molecule has 0 spiro atoms. The predicted molar refractivity (Wildman–Crippen MR) is 99.1 cm³/mol. The van der Waals surface area contributed by atoms with E-state index in [9.17, 15) is 0 Å². The number of aryl methyl sites for hydroxylation is 1. The van der Waals surface area contributed by atoms with Crippen molar-refractivity contribution in [2.45, 2.75) is 51.9 Å². The third-order valence-electron chi connectivity index (χ3n) is 4.56. The van der Waals surface area contributed by atoms with Crippen LogP contribution in [0.3, 0.4) is 0 Å². The van der Waals surface area contributed by atoms with Gasteiger partial charge >= 0.3 is 0 Å². The minimum Gasteiger partial charge on any atom is -0.0654 e. The van der Waals surface area contributed by atoms with E-state index < -0.39 is 0 Å². The van der Waals surface area contributed by atoms with E-state index in [-0.39, 0.29) is 0 Å². The van der Waals surface area contributed by atoms with Crippen LogP contribution in [0.4, 0.5) is 0 Å². The highest BCUT2D eigenvalue weighted by Crippen LogP contribution is 2.38. The van der Waals surface area contributed by atoms with Gasteiger partial charge in [0, 0.05) is 4.47 Å². The maximum atomic E-state index is 3.58. The number of benzene rings is 2. The van der Waals surface area contributed by atoms with E-state index in [1.54, 1.807) is 0 Å². The van der Waals surface area contributed by atoms with Crippen LogP contribution in [0.5, 0.6) is 0 Å². The van der Waals surface area contributed by atoms with Gasteiger partial charge in [0.2, 0.25) is 0 Å². The average Bonchev–Trinajstić information content (AvgIpc) is 2.87. The first kappa shape index (κ1) is 15.8. The number of hydrogen-bond donors (Lipinski definition) is 0. The van der Waals surface area contributed by atoms with Gasteiger partial charge in [0.25, 0.3) is 0 Å². The fourth-order valence-electron chi connectivity index (χ4n) is 3.34. The Morgan fingerprint density at radius 1 is 0.955 bits per heavy atom. The first-order valence-electron chi connectivity index (χ1n) is 8.50. The van der Waals surface area contributed by atoms with E-state index in [0.717, 1.165) is 6.42 Å². The zero-order valence-corrected chi connectivity index (χ0v) is 15.0. The number of fused-ring (bicyclic) bond motifs is 3. The van der Waals surface area contributed by atoms with Gasteiger partial charge in [-0.25, -0.2) is 0 Å². The molecule has 0 amide bonds. The van der Waals surface area contributed by atoms with Crippen LogP contribution in [0.2, 0.25) is 0 Å². The molecule has 1 aliphatic rings. The van der Waals surface area contributed by atoms with Crippen LogP contribution in [0.1, 0.15) is 55.7 Å². The standard InChI is InChI=1S/C21H24Br/c1-2-3-4-5-6-7-8-16-9-11-20-17(13-16)14-18-15-19(22)10-12-21(18)20/h6,9-13,15H,2-5,7-8,14H2,1H3. The first-order valence-corrected chi connectivity index (χ1v) is 9.29. The molecule has 3 rings (SSSR count). The molecule has 0 saturated carbocycles. The Morgan fingerprint density at radius 3 is 2.55 bits per heavy atom. The second-order valence-electron chi connectivity index (χ2n) is 6.29. The van der Waals surface area contributed by atoms with E-state index in [4.69, 9.17) is 0 Å². The Hall–Kier alpha value is -1.08. The zero-order valence-electron chi connectivity index (χ0n) is 13.4. The zero-order chi connectivity index (χ0) is 15.4. The molecule has 0 fully saturated rings. The molecule has 0 heterocycles. The van der Waals surface area contributed by atoms with Crippen molar-refractivity contribution in [3.05, 3.63) is 64.0 Å². The van der Waals surface area contributed by atoms with E-state index in [1.807, 2.05) is 0 Å². The Bertz CT molecular complexity index is 642. The smallest absolute Gasteiger partial charge is 0.0178 e. The van der Waals surface area contributed by atoms with Crippen LogP contribution in [-0.2, 0) is 12.8 Å². The summed E-state index contributed by atoms with van der Waals surface area (Å²) in [5.41, 5.74) is 7.27. The summed E-state index contributed by atoms with van der Waals surface area (Å²) in [5, 5.41) is 0. The highest BCUT2D eigenvalue weighted by Gasteiger charge is 2.18. The summed E-state index contributed by atoms with van der Waals surface area (Å²) in [7, 11) is 0. The molecule has 2 aromatic rings. The Kier molecular flexibility index (Phi) is 5.36. The highest BCUT2D eigenvalue weighted by molar-refractivity contribution is 9.10. The lowest BCUT2D eigenvalue weighted by atomic mass is 10.00. The lowest BCUT2D eigenvalue weighted by molar-refractivity contribution is 0.690. The quantitative estimate of drug-likeness (QED) is 0.411. The molecular formula is C21H24Br. The molecule has 0 saturated heterocycles. The fraction of sp³-hybridized carbons (Fsp3) is 0.381. The molecule has 0 atom stereocenters. The summed E-state index contributed by atoms with van der Waals surface area (Å²) in [6, 6.07) is 13.7. The van der Waals surface area contributed by atoms with Crippen molar-refractivity contribution < 1.29 is 0 Å². The molecule has 1 aliphatic carbocycles. The van der Waals surface area contributed by atoms with Gasteiger partial charge in [-0.2, -0.15) is 0 Å². The SMILES string of the molecule is CCCCC[CH]CCc1ccc2c(c1)Cc1cc(Br)ccc1-2. The summed E-state index contributed by atoms with van der Waals surface area (Å²) in [6.45, 7) is 2.26. The van der Waals surface area contributed by atoms with Gasteiger partial charge in [0.1, 0.15) is 0 Å². The van der Waals surface area contributed by atoms with Crippen LogP contribution in [-0.4, -0.2) is 0 Å². The molecule has 115 valence electrons. The van der Waals surface area contributed by atoms with E-state index in [0.29, 0.717) is 0 Å². The number of rotatable bonds is 7. The van der Waals surface area contributed by atoms with Crippen molar-refractivity contribution in [1.29, 1.82) is 0 Å². The Balaban J connectivity index is 1.60. The summed E-state index contributed by atoms with van der Waals surface area (Å²) < 4.78 is 1.18. The third-order valence-corrected chi connectivity index (χ3v) is 5.05. The molecule has 0 aromatic heterocycles. The molecular weight excluding hydrogens is 332 g/mol. The molecule has 1 heteroatoms. The highest BCUT2D eigenvalue weighted by atomic mass is 79.9. The van der Waals surface area contributed by atoms with Crippen LogP contribution >= 0.6 is 15.9 Å². The van der Waals surface area contributed by atoms with Gasteiger partial charge in [-0.15, -0.1) is 0 Å². The van der Waals surface area contributed by atoms with Crippen LogP contribution in [0.15, 0.2) is 40.9 Å². The minimum atomic E-state index is 1.08. The topological polar surface area (TPSA) is 0 Å². The summed E-state index contributed by atoms with van der Waals surface area (Å²) >= 11 is 3.58. The van der Waals surface area contributed by atoms with Crippen LogP contribution in [0.25, 0.3) is 11.1 Å². The second kappa shape index (κ2) is 7.46. The molecule has 2 aromatic carbocycles. The van der Waals surface area contributed by atoms with E-state index in [2.05, 4.69) is 65.7 Å². The van der Waals surface area contributed by atoms with Crippen molar-refractivity contribution in [3.8, 4) is 11.1 Å². The van der Waals surface area contributed by atoms with Gasteiger partial charge in [-0.1, -0.05) is 72.8 Å². The molecule has 0 nitrogen and oxygen atoms in total. The Labute approximate surface area is 143 Å². The fourth-order valence-corrected chi connectivity index (χ4v) is 3.75. The molecule has 0 bridgehead atoms. The number of unbranched alkanes of at least 4 members (excludes halogenated alkanes) is 5. The first-order chi connectivity index (χ1) is 10.8. The molecule has 0 N–H and O–H groups in total.